The minimum atomic E-state index is -1.12. The van der Waals surface area contributed by atoms with Gasteiger partial charge < -0.3 is 43.5 Å². The number of phenolic OH excluding ortho intramolecular Hbond substituents is 2. The number of likely N-dealkylation sites (N-methyl/N-ethyl adjacent to an activating group) is 2. The quantitative estimate of drug-likeness (QED) is 0.182. The van der Waals surface area contributed by atoms with Crippen molar-refractivity contribution in [2.24, 2.45) is 0 Å². The van der Waals surface area contributed by atoms with Gasteiger partial charge >= 0.3 is 11.9 Å². The van der Waals surface area contributed by atoms with Crippen LogP contribution in [0.3, 0.4) is 0 Å². The second-order valence-electron chi connectivity index (χ2n) is 14.8. The lowest BCUT2D eigenvalue weighted by Crippen LogP contribution is -2.56. The Morgan fingerprint density at radius 1 is 1.08 bits per heavy atom. The number of quaternary nitrogens is 1. The summed E-state index contributed by atoms with van der Waals surface area (Å²) >= 11 is 1.78. The molecule has 2 saturated heterocycles. The number of rotatable bonds is 6. The van der Waals surface area contributed by atoms with Gasteiger partial charge in [0.2, 0.25) is 6.79 Å². The Kier molecular flexibility index (Phi) is 8.44. The minimum absolute atomic E-state index is 0.0478. The van der Waals surface area contributed by atoms with Crippen LogP contribution in [0.25, 0.3) is 0 Å². The van der Waals surface area contributed by atoms with Gasteiger partial charge in [-0.1, -0.05) is 12.1 Å². The van der Waals surface area contributed by atoms with Crippen LogP contribution in [0.1, 0.15) is 69.2 Å². The number of hydrogen-bond acceptors (Lipinski definition) is 12. The standard InChI is InChI=1S/C38H43N3O10S/c1-18-7-8-22(33(46)34(18)47-6)31-32-38-30-29(37-36(49-17-50-37)19(2)35(30)51-20(3)42)24(40(32)16-39(31)4)13-41(5)10-9-21-11-26(43)27(48-14-28(44)45)12-23(21)25(41)15-52-38/h7-8,11-12,24-25,31-32,38H,9-10,13-17H2,1-6H3,(H2-,43,44,45,46)/p+1. The molecule has 6 atom stereocenters. The van der Waals surface area contributed by atoms with Gasteiger partial charge in [0.05, 0.1) is 57.0 Å². The van der Waals surface area contributed by atoms with E-state index in [2.05, 4.69) is 23.9 Å². The fraction of sp³-hybridized carbons (Fsp3) is 0.474. The number of aromatic hydroxyl groups is 2. The first-order valence-corrected chi connectivity index (χ1v) is 18.5. The number of carboxylic acid groups (broad SMARTS) is 1. The molecule has 14 heteroatoms. The Labute approximate surface area is 306 Å². The number of carboxylic acids is 1. The number of benzene rings is 3. The van der Waals surface area contributed by atoms with Crippen molar-refractivity contribution in [3.8, 4) is 40.2 Å². The third-order valence-electron chi connectivity index (χ3n) is 11.7. The summed E-state index contributed by atoms with van der Waals surface area (Å²) in [6.07, 6.45) is 0.704. The fourth-order valence-electron chi connectivity index (χ4n) is 9.40. The van der Waals surface area contributed by atoms with Crippen LogP contribution in [-0.2, 0) is 16.0 Å². The number of methoxy groups -OCH3 is 1. The molecule has 6 aliphatic heterocycles. The maximum Gasteiger partial charge on any atom is 0.341 e. The Balaban J connectivity index is 1.34. The van der Waals surface area contributed by atoms with Gasteiger partial charge in [0.25, 0.3) is 0 Å². The first kappa shape index (κ1) is 34.7. The van der Waals surface area contributed by atoms with E-state index in [1.54, 1.807) is 24.9 Å². The Hall–Kier alpha value is -4.37. The smallest absolute Gasteiger partial charge is 0.341 e. The molecule has 9 rings (SSSR count). The van der Waals surface area contributed by atoms with E-state index >= 15 is 0 Å². The van der Waals surface area contributed by atoms with E-state index in [9.17, 15) is 24.9 Å². The molecule has 6 aliphatic rings. The van der Waals surface area contributed by atoms with Crippen LogP contribution in [0.5, 0.6) is 40.2 Å². The predicted octanol–water partition coefficient (Wildman–Crippen LogP) is 4.74. The third kappa shape index (κ3) is 5.25. The SMILES string of the molecule is COc1c(C)ccc(C2C3C4SCC5c6cc(OCC(=O)O)c(O)cc6CC[N+]5(C)CC(c5c6c(c(C)c(OC(C)=O)c54)OCO6)N3CN2C)c1O. The topological polar surface area (TPSA) is 147 Å². The highest BCUT2D eigenvalue weighted by atomic mass is 32.2. The van der Waals surface area contributed by atoms with Crippen LogP contribution in [0.2, 0.25) is 0 Å². The molecule has 13 nitrogen and oxygen atoms in total. The minimum Gasteiger partial charge on any atom is -0.504 e. The molecule has 3 aromatic rings. The Morgan fingerprint density at radius 2 is 1.85 bits per heavy atom. The first-order valence-electron chi connectivity index (χ1n) is 17.5. The van der Waals surface area contributed by atoms with E-state index in [0.29, 0.717) is 58.4 Å². The zero-order valence-corrected chi connectivity index (χ0v) is 30.9. The van der Waals surface area contributed by atoms with Crippen LogP contribution in [0.15, 0.2) is 24.3 Å². The number of carbonyl (C=O) groups is 2. The monoisotopic (exact) mass is 734 g/mol. The van der Waals surface area contributed by atoms with Crippen molar-refractivity contribution < 1.29 is 53.1 Å². The summed E-state index contributed by atoms with van der Waals surface area (Å²) in [5.74, 6) is 1.49. The van der Waals surface area contributed by atoms with Crippen LogP contribution in [0, 0.1) is 13.8 Å². The third-order valence-corrected chi connectivity index (χ3v) is 13.1. The van der Waals surface area contributed by atoms with E-state index in [1.807, 2.05) is 32.0 Å². The molecule has 0 aromatic heterocycles. The molecule has 6 unspecified atom stereocenters. The summed E-state index contributed by atoms with van der Waals surface area (Å²) in [4.78, 5) is 29.0. The highest BCUT2D eigenvalue weighted by Gasteiger charge is 2.58. The molecule has 0 spiro atoms. The number of aliphatic carboxylic acids is 1. The molecule has 52 heavy (non-hydrogen) atoms. The van der Waals surface area contributed by atoms with E-state index in [1.165, 1.54) is 6.92 Å². The number of aryl methyl sites for hydroxylation is 1. The van der Waals surface area contributed by atoms with Gasteiger partial charge in [0, 0.05) is 47.2 Å². The van der Waals surface area contributed by atoms with Crippen LogP contribution in [0.4, 0.5) is 0 Å². The average molecular weight is 735 g/mol. The number of hydrogen-bond donors (Lipinski definition) is 3. The molecule has 0 amide bonds. The predicted molar refractivity (Wildman–Crippen MR) is 191 cm³/mol. The summed E-state index contributed by atoms with van der Waals surface area (Å²) < 4.78 is 30.4. The van der Waals surface area contributed by atoms with E-state index in [0.717, 1.165) is 39.9 Å². The zero-order valence-electron chi connectivity index (χ0n) is 30.1. The fourth-order valence-corrected chi connectivity index (χ4v) is 11.2. The van der Waals surface area contributed by atoms with E-state index < -0.39 is 18.5 Å². The van der Waals surface area contributed by atoms with Crippen molar-refractivity contribution in [3.63, 3.8) is 0 Å². The molecule has 2 bridgehead atoms. The largest absolute Gasteiger partial charge is 0.504 e. The molecule has 0 aliphatic carbocycles. The lowest BCUT2D eigenvalue weighted by molar-refractivity contribution is -0.941. The molecule has 276 valence electrons. The number of phenols is 2. The van der Waals surface area contributed by atoms with Crippen molar-refractivity contribution in [2.75, 3.05) is 60.1 Å². The number of thioether (sulfide) groups is 1. The van der Waals surface area contributed by atoms with E-state index in [-0.39, 0.29) is 53.5 Å². The normalized spacial score (nSPS) is 27.4. The van der Waals surface area contributed by atoms with Gasteiger partial charge in [-0.3, -0.25) is 14.6 Å². The van der Waals surface area contributed by atoms with Gasteiger partial charge in [0.15, 0.2) is 41.1 Å². The zero-order chi connectivity index (χ0) is 36.8. The summed E-state index contributed by atoms with van der Waals surface area (Å²) in [5, 5.41) is 31.6. The number of fused-ring (bicyclic) bond motifs is 3. The molecule has 2 fully saturated rings. The maximum atomic E-state index is 12.8. The molecular weight excluding hydrogens is 690 g/mol. The second-order valence-corrected chi connectivity index (χ2v) is 15.9. The molecule has 3 N–H and O–H groups in total. The Bertz CT molecular complexity index is 2010. The summed E-state index contributed by atoms with van der Waals surface area (Å²) in [7, 11) is 5.91. The van der Waals surface area contributed by atoms with Crippen molar-refractivity contribution in [2.45, 2.75) is 56.6 Å². The number of carbonyl (C=O) groups excluding carboxylic acids is 1. The first-order chi connectivity index (χ1) is 24.8. The van der Waals surface area contributed by atoms with Crippen LogP contribution >= 0.6 is 11.8 Å². The van der Waals surface area contributed by atoms with Gasteiger partial charge in [-0.2, -0.15) is 0 Å². The second kappa shape index (κ2) is 12.6. The highest BCUT2D eigenvalue weighted by Crippen LogP contribution is 2.64. The lowest BCUT2D eigenvalue weighted by Gasteiger charge is -2.49. The van der Waals surface area contributed by atoms with Crippen molar-refractivity contribution in [1.29, 1.82) is 0 Å². The van der Waals surface area contributed by atoms with Crippen LogP contribution in [-0.4, -0.2) is 108 Å². The summed E-state index contributed by atoms with van der Waals surface area (Å²) in [5.41, 5.74) is 6.20. The van der Waals surface area contributed by atoms with Gasteiger partial charge in [0.1, 0.15) is 11.8 Å². The molecule has 0 radical (unpaired) electrons. The summed E-state index contributed by atoms with van der Waals surface area (Å²) in [6.45, 7) is 6.77. The summed E-state index contributed by atoms with van der Waals surface area (Å²) in [6, 6.07) is 6.83. The van der Waals surface area contributed by atoms with Crippen molar-refractivity contribution in [1.82, 2.24) is 9.80 Å². The van der Waals surface area contributed by atoms with Gasteiger partial charge in [-0.25, -0.2) is 4.79 Å². The number of ether oxygens (including phenoxy) is 5. The van der Waals surface area contributed by atoms with Crippen molar-refractivity contribution in [3.05, 3.63) is 63.2 Å². The maximum absolute atomic E-state index is 12.8. The molecule has 3 aromatic carbocycles. The lowest BCUT2D eigenvalue weighted by atomic mass is 9.80. The number of esters is 1. The molecule has 6 heterocycles. The van der Waals surface area contributed by atoms with Gasteiger partial charge in [-0.05, 0) is 44.2 Å². The Morgan fingerprint density at radius 3 is 2.58 bits per heavy atom. The van der Waals surface area contributed by atoms with E-state index in [4.69, 9.17) is 23.7 Å². The average Bonchev–Trinajstić information content (AvgIpc) is 3.72. The number of nitrogens with zero attached hydrogens (tertiary/aromatic N) is 3. The van der Waals surface area contributed by atoms with Gasteiger partial charge in [-0.15, -0.1) is 11.8 Å². The highest BCUT2D eigenvalue weighted by molar-refractivity contribution is 7.99. The molecule has 0 saturated carbocycles. The van der Waals surface area contributed by atoms with Crippen LogP contribution < -0.4 is 23.7 Å². The molecular formula is C38H44N3O10S+. The van der Waals surface area contributed by atoms with Crippen molar-refractivity contribution >= 4 is 23.7 Å².